The van der Waals surface area contributed by atoms with Crippen molar-refractivity contribution in [3.05, 3.63) is 187 Å². The van der Waals surface area contributed by atoms with E-state index in [0.29, 0.717) is 0 Å². The van der Waals surface area contributed by atoms with Crippen LogP contribution in [0.4, 0.5) is 0 Å². The molecule has 0 amide bonds. The van der Waals surface area contributed by atoms with Gasteiger partial charge in [-0.2, -0.15) is 0 Å². The van der Waals surface area contributed by atoms with Gasteiger partial charge >= 0.3 is 0 Å². The Kier molecular flexibility index (Phi) is 6.08. The van der Waals surface area contributed by atoms with E-state index in [2.05, 4.69) is 190 Å². The van der Waals surface area contributed by atoms with Crippen LogP contribution in [0.15, 0.2) is 170 Å². The Morgan fingerprint density at radius 1 is 0.333 bits per heavy atom. The first-order valence-electron chi connectivity index (χ1n) is 17.8. The molecule has 3 nitrogen and oxygen atoms in total. The predicted octanol–water partition coefficient (Wildman–Crippen LogP) is 12.3. The lowest BCUT2D eigenvalue weighted by molar-refractivity contribution is 0.898. The average molecular weight is 652 g/mol. The van der Waals surface area contributed by atoms with Gasteiger partial charge in [-0.15, -0.1) is 0 Å². The Morgan fingerprint density at radius 3 is 1.47 bits per heavy atom. The molecular formula is C48H33N3. The molecule has 0 fully saturated rings. The van der Waals surface area contributed by atoms with E-state index in [4.69, 9.17) is 0 Å². The zero-order valence-electron chi connectivity index (χ0n) is 28.0. The number of aromatic nitrogens is 3. The first kappa shape index (κ1) is 28.3. The van der Waals surface area contributed by atoms with Gasteiger partial charge < -0.3 is 13.7 Å². The molecule has 1 aliphatic carbocycles. The van der Waals surface area contributed by atoms with Crippen molar-refractivity contribution < 1.29 is 0 Å². The SMILES string of the molecule is C1=C(c2ccc3c(c2)c2ccccc2n3-c2ccccc2)CCc2c1c1cc(-n3c4ccccc4c4ccccc43)ccc1n2-c1ccccc1. The molecule has 0 saturated heterocycles. The van der Waals surface area contributed by atoms with E-state index >= 15 is 0 Å². The summed E-state index contributed by atoms with van der Waals surface area (Å²) in [6, 6.07) is 62.0. The van der Waals surface area contributed by atoms with E-state index in [9.17, 15) is 0 Å². The molecule has 0 saturated carbocycles. The largest absolute Gasteiger partial charge is 0.313 e. The van der Waals surface area contributed by atoms with Crippen LogP contribution in [-0.4, -0.2) is 13.7 Å². The highest BCUT2D eigenvalue weighted by atomic mass is 15.0. The van der Waals surface area contributed by atoms with Crippen LogP contribution in [0, 0.1) is 0 Å². The molecule has 0 bridgehead atoms. The van der Waals surface area contributed by atoms with Crippen molar-refractivity contribution >= 4 is 66.2 Å². The summed E-state index contributed by atoms with van der Waals surface area (Å²) in [6.45, 7) is 0. The minimum absolute atomic E-state index is 0.971. The lowest BCUT2D eigenvalue weighted by Crippen LogP contribution is -2.05. The highest BCUT2D eigenvalue weighted by molar-refractivity contribution is 6.11. The molecule has 0 spiro atoms. The summed E-state index contributed by atoms with van der Waals surface area (Å²) in [5.74, 6) is 0. The molecule has 3 aromatic heterocycles. The van der Waals surface area contributed by atoms with E-state index in [-0.39, 0.29) is 0 Å². The third-order valence-corrected chi connectivity index (χ3v) is 11.0. The maximum absolute atomic E-state index is 2.49. The Morgan fingerprint density at radius 2 is 0.824 bits per heavy atom. The lowest BCUT2D eigenvalue weighted by atomic mass is 9.90. The first-order chi connectivity index (χ1) is 25.3. The molecule has 3 heteroatoms. The maximum atomic E-state index is 2.49. The normalized spacial score (nSPS) is 13.1. The molecule has 11 rings (SSSR count). The van der Waals surface area contributed by atoms with Crippen molar-refractivity contribution in [1.82, 2.24) is 13.7 Å². The molecule has 1 aliphatic rings. The number of hydrogen-bond acceptors (Lipinski definition) is 0. The Labute approximate surface area is 295 Å². The molecule has 0 aliphatic heterocycles. The summed E-state index contributed by atoms with van der Waals surface area (Å²) in [4.78, 5) is 0. The number of para-hydroxylation sites is 5. The summed E-state index contributed by atoms with van der Waals surface area (Å²) in [7, 11) is 0. The maximum Gasteiger partial charge on any atom is 0.0541 e. The molecule has 51 heavy (non-hydrogen) atoms. The van der Waals surface area contributed by atoms with Gasteiger partial charge in [-0.1, -0.05) is 97.1 Å². The van der Waals surface area contributed by atoms with Gasteiger partial charge in [0, 0.05) is 55.3 Å². The van der Waals surface area contributed by atoms with Crippen molar-refractivity contribution in [2.24, 2.45) is 0 Å². The van der Waals surface area contributed by atoms with Gasteiger partial charge in [-0.05, 0) is 103 Å². The number of nitrogens with zero attached hydrogens (tertiary/aromatic N) is 3. The Balaban J connectivity index is 1.13. The molecule has 240 valence electrons. The van der Waals surface area contributed by atoms with E-state index in [0.717, 1.165) is 12.8 Å². The minimum atomic E-state index is 0.971. The third kappa shape index (κ3) is 4.18. The van der Waals surface area contributed by atoms with Crippen LogP contribution in [0.3, 0.4) is 0 Å². The summed E-state index contributed by atoms with van der Waals surface area (Å²) in [6.07, 6.45) is 4.44. The molecule has 0 radical (unpaired) electrons. The molecule has 10 aromatic rings. The van der Waals surface area contributed by atoms with E-state index in [1.165, 1.54) is 94.0 Å². The van der Waals surface area contributed by atoms with Crippen molar-refractivity contribution in [1.29, 1.82) is 0 Å². The molecule has 0 N–H and O–H groups in total. The van der Waals surface area contributed by atoms with Crippen LogP contribution in [0.2, 0.25) is 0 Å². The fourth-order valence-electron chi connectivity index (χ4n) is 8.73. The van der Waals surface area contributed by atoms with Gasteiger partial charge in [0.1, 0.15) is 0 Å². The number of rotatable bonds is 4. The average Bonchev–Trinajstić information content (AvgIpc) is 3.83. The Hall–Kier alpha value is -6.58. The van der Waals surface area contributed by atoms with Crippen molar-refractivity contribution in [2.45, 2.75) is 12.8 Å². The summed E-state index contributed by atoms with van der Waals surface area (Å²) in [5.41, 5.74) is 15.1. The predicted molar refractivity (Wildman–Crippen MR) is 215 cm³/mol. The number of fused-ring (bicyclic) bond motifs is 9. The number of hydrogen-bond donors (Lipinski definition) is 0. The zero-order chi connectivity index (χ0) is 33.5. The fourth-order valence-corrected chi connectivity index (χ4v) is 8.73. The van der Waals surface area contributed by atoms with Crippen molar-refractivity contribution in [3.8, 4) is 17.1 Å². The van der Waals surface area contributed by atoms with Gasteiger partial charge in [0.25, 0.3) is 0 Å². The lowest BCUT2D eigenvalue weighted by Gasteiger charge is -2.18. The van der Waals surface area contributed by atoms with Crippen LogP contribution >= 0.6 is 0 Å². The van der Waals surface area contributed by atoms with Gasteiger partial charge in [-0.3, -0.25) is 0 Å². The summed E-state index contributed by atoms with van der Waals surface area (Å²) < 4.78 is 7.32. The van der Waals surface area contributed by atoms with Crippen LogP contribution < -0.4 is 0 Å². The van der Waals surface area contributed by atoms with Gasteiger partial charge in [0.05, 0.1) is 27.6 Å². The van der Waals surface area contributed by atoms with Crippen LogP contribution in [0.25, 0.3) is 83.2 Å². The Bertz CT molecular complexity index is 2950. The molecule has 3 heterocycles. The van der Waals surface area contributed by atoms with E-state index < -0.39 is 0 Å². The molecule has 0 atom stereocenters. The van der Waals surface area contributed by atoms with Crippen molar-refractivity contribution in [2.75, 3.05) is 0 Å². The highest BCUT2D eigenvalue weighted by Gasteiger charge is 2.24. The molecular weight excluding hydrogens is 619 g/mol. The summed E-state index contributed by atoms with van der Waals surface area (Å²) >= 11 is 0. The topological polar surface area (TPSA) is 14.8 Å². The standard InChI is InChI=1S/C48H33N3/c1-3-13-34(14-4-1)49-45-22-12-9-19-39(45)40-29-32(23-26-46(40)49)33-24-27-47-41(30-33)42-31-36(25-28-48(42)50(47)35-15-5-2-6-16-35)51-43-20-10-7-17-37(43)38-18-8-11-21-44(38)51/h1-23,25-26,28-31H,24,27H2. The van der Waals surface area contributed by atoms with Gasteiger partial charge in [0.2, 0.25) is 0 Å². The van der Waals surface area contributed by atoms with Crippen molar-refractivity contribution in [3.63, 3.8) is 0 Å². The van der Waals surface area contributed by atoms with E-state index in [1.807, 2.05) is 0 Å². The second kappa shape index (κ2) is 11.0. The van der Waals surface area contributed by atoms with Crippen LogP contribution in [0.5, 0.6) is 0 Å². The summed E-state index contributed by atoms with van der Waals surface area (Å²) in [5, 5.41) is 6.42. The quantitative estimate of drug-likeness (QED) is 0.180. The van der Waals surface area contributed by atoms with Crippen LogP contribution in [-0.2, 0) is 6.42 Å². The van der Waals surface area contributed by atoms with E-state index in [1.54, 1.807) is 0 Å². The number of benzene rings is 7. The zero-order valence-corrected chi connectivity index (χ0v) is 28.0. The molecule has 0 unspecified atom stereocenters. The van der Waals surface area contributed by atoms with Crippen LogP contribution in [0.1, 0.15) is 23.2 Å². The number of allylic oxidation sites excluding steroid dienone is 1. The second-order valence-corrected chi connectivity index (χ2v) is 13.7. The third-order valence-electron chi connectivity index (χ3n) is 11.0. The monoisotopic (exact) mass is 651 g/mol. The smallest absolute Gasteiger partial charge is 0.0541 e. The second-order valence-electron chi connectivity index (χ2n) is 13.7. The minimum Gasteiger partial charge on any atom is -0.313 e. The van der Waals surface area contributed by atoms with Gasteiger partial charge in [0.15, 0.2) is 0 Å². The molecule has 7 aromatic carbocycles. The van der Waals surface area contributed by atoms with Gasteiger partial charge in [-0.25, -0.2) is 0 Å². The fraction of sp³-hybridized carbons (Fsp3) is 0.0417. The first-order valence-corrected chi connectivity index (χ1v) is 17.8. The highest BCUT2D eigenvalue weighted by Crippen LogP contribution is 2.42.